The summed E-state index contributed by atoms with van der Waals surface area (Å²) in [6.07, 6.45) is 0.407. The van der Waals surface area contributed by atoms with Crippen LogP contribution < -0.4 is 15.4 Å². The molecule has 0 unspecified atom stereocenters. The van der Waals surface area contributed by atoms with Crippen LogP contribution in [-0.4, -0.2) is 75.0 Å². The van der Waals surface area contributed by atoms with Crippen molar-refractivity contribution in [3.63, 3.8) is 0 Å². The molecule has 0 saturated carbocycles. The first-order chi connectivity index (χ1) is 12.0. The van der Waals surface area contributed by atoms with Gasteiger partial charge in [-0.25, -0.2) is 0 Å². The standard InChI is InChI=1S/C17H25ClN4O3/c1-21(8-5-17(24)22-9-6-19-7-10-22)12-16(23)20-14-11-13(18)3-4-15(14)25-2/h3-4,11,19H,5-10,12H2,1-2H3,(H,20,23). The molecule has 7 nitrogen and oxygen atoms in total. The van der Waals surface area contributed by atoms with Crippen molar-refractivity contribution in [2.24, 2.45) is 0 Å². The Morgan fingerprint density at radius 1 is 1.36 bits per heavy atom. The molecule has 2 amide bonds. The normalized spacial score (nSPS) is 14.5. The van der Waals surface area contributed by atoms with Crippen LogP contribution in [0.15, 0.2) is 18.2 Å². The highest BCUT2D eigenvalue weighted by Crippen LogP contribution is 2.27. The molecule has 8 heteroatoms. The average molecular weight is 369 g/mol. The molecule has 0 aromatic heterocycles. The Bertz CT molecular complexity index is 606. The second-order valence-corrected chi connectivity index (χ2v) is 6.45. The van der Waals surface area contributed by atoms with Gasteiger partial charge in [0.05, 0.1) is 19.3 Å². The lowest BCUT2D eigenvalue weighted by Gasteiger charge is -2.28. The van der Waals surface area contributed by atoms with Gasteiger partial charge in [0.25, 0.3) is 0 Å². The Balaban J connectivity index is 1.78. The summed E-state index contributed by atoms with van der Waals surface area (Å²) in [6.45, 7) is 3.89. The minimum absolute atomic E-state index is 0.130. The number of nitrogens with one attached hydrogen (secondary N) is 2. The fourth-order valence-electron chi connectivity index (χ4n) is 2.65. The van der Waals surface area contributed by atoms with Crippen LogP contribution in [0.25, 0.3) is 0 Å². The van der Waals surface area contributed by atoms with Crippen LogP contribution >= 0.6 is 11.6 Å². The third-order valence-electron chi connectivity index (χ3n) is 4.03. The quantitative estimate of drug-likeness (QED) is 0.752. The lowest BCUT2D eigenvalue weighted by atomic mass is 10.2. The lowest BCUT2D eigenvalue weighted by molar-refractivity contribution is -0.132. The zero-order valence-electron chi connectivity index (χ0n) is 14.7. The summed E-state index contributed by atoms with van der Waals surface area (Å²) in [5.41, 5.74) is 0.533. The third kappa shape index (κ3) is 6.19. The molecule has 0 spiro atoms. The number of anilines is 1. The summed E-state index contributed by atoms with van der Waals surface area (Å²) in [5.74, 6) is 0.497. The van der Waals surface area contributed by atoms with E-state index in [-0.39, 0.29) is 18.4 Å². The number of carbonyl (C=O) groups excluding carboxylic acids is 2. The fourth-order valence-corrected chi connectivity index (χ4v) is 2.82. The van der Waals surface area contributed by atoms with Gasteiger partial charge < -0.3 is 20.3 Å². The molecule has 1 fully saturated rings. The van der Waals surface area contributed by atoms with E-state index in [1.54, 1.807) is 18.2 Å². The number of hydrogen-bond donors (Lipinski definition) is 2. The van der Waals surface area contributed by atoms with Crippen molar-refractivity contribution in [2.75, 3.05) is 58.7 Å². The van der Waals surface area contributed by atoms with Crippen molar-refractivity contribution in [1.82, 2.24) is 15.1 Å². The van der Waals surface area contributed by atoms with Gasteiger partial charge in [-0.2, -0.15) is 0 Å². The molecular weight excluding hydrogens is 344 g/mol. The molecule has 0 radical (unpaired) electrons. The maximum absolute atomic E-state index is 12.2. The van der Waals surface area contributed by atoms with E-state index in [9.17, 15) is 9.59 Å². The Morgan fingerprint density at radius 3 is 2.76 bits per heavy atom. The number of carbonyl (C=O) groups is 2. The molecule has 0 atom stereocenters. The number of nitrogens with zero attached hydrogens (tertiary/aromatic N) is 2. The highest BCUT2D eigenvalue weighted by molar-refractivity contribution is 6.31. The first-order valence-corrected chi connectivity index (χ1v) is 8.68. The zero-order chi connectivity index (χ0) is 18.2. The summed E-state index contributed by atoms with van der Waals surface area (Å²) in [5, 5.41) is 6.53. The first kappa shape index (κ1) is 19.5. The maximum Gasteiger partial charge on any atom is 0.238 e. The van der Waals surface area contributed by atoms with Gasteiger partial charge in [0.2, 0.25) is 11.8 Å². The Labute approximate surface area is 153 Å². The largest absolute Gasteiger partial charge is 0.495 e. The van der Waals surface area contributed by atoms with Gasteiger partial charge in [-0.3, -0.25) is 14.5 Å². The zero-order valence-corrected chi connectivity index (χ0v) is 15.4. The number of methoxy groups -OCH3 is 1. The summed E-state index contributed by atoms with van der Waals surface area (Å²) in [6, 6.07) is 5.05. The predicted molar refractivity (Wildman–Crippen MR) is 98.2 cm³/mol. The summed E-state index contributed by atoms with van der Waals surface area (Å²) in [7, 11) is 3.35. The topological polar surface area (TPSA) is 73.9 Å². The van der Waals surface area contributed by atoms with Crippen LogP contribution in [0.2, 0.25) is 5.02 Å². The molecule has 0 aliphatic carbocycles. The van der Waals surface area contributed by atoms with Crippen LogP contribution in [0.5, 0.6) is 5.75 Å². The monoisotopic (exact) mass is 368 g/mol. The number of ether oxygens (including phenoxy) is 1. The second kappa shape index (κ2) is 9.60. The molecular formula is C17H25ClN4O3. The third-order valence-corrected chi connectivity index (χ3v) is 4.26. The van der Waals surface area contributed by atoms with Crippen LogP contribution in [0.3, 0.4) is 0 Å². The highest BCUT2D eigenvalue weighted by atomic mass is 35.5. The van der Waals surface area contributed by atoms with Crippen LogP contribution in [0.1, 0.15) is 6.42 Å². The molecule has 1 aliphatic rings. The number of halogens is 1. The van der Waals surface area contributed by atoms with Gasteiger partial charge in [-0.1, -0.05) is 11.6 Å². The molecule has 2 rings (SSSR count). The van der Waals surface area contributed by atoms with Crippen LogP contribution in [0.4, 0.5) is 5.69 Å². The van der Waals surface area contributed by atoms with Crippen molar-refractivity contribution < 1.29 is 14.3 Å². The van der Waals surface area contributed by atoms with Crippen LogP contribution in [-0.2, 0) is 9.59 Å². The SMILES string of the molecule is COc1ccc(Cl)cc1NC(=O)CN(C)CCC(=O)N1CCNCC1. The number of hydrogen-bond acceptors (Lipinski definition) is 5. The van der Waals surface area contributed by atoms with Gasteiger partial charge >= 0.3 is 0 Å². The van der Waals surface area contributed by atoms with E-state index < -0.39 is 0 Å². The van der Waals surface area contributed by atoms with Gasteiger partial charge in [0.15, 0.2) is 0 Å². The van der Waals surface area contributed by atoms with Crippen molar-refractivity contribution in [2.45, 2.75) is 6.42 Å². The van der Waals surface area contributed by atoms with Crippen molar-refractivity contribution in [1.29, 1.82) is 0 Å². The van der Waals surface area contributed by atoms with E-state index in [1.807, 2.05) is 16.8 Å². The second-order valence-electron chi connectivity index (χ2n) is 6.01. The van der Waals surface area contributed by atoms with E-state index in [1.165, 1.54) is 7.11 Å². The number of piperazine rings is 1. The lowest BCUT2D eigenvalue weighted by Crippen LogP contribution is -2.47. The molecule has 138 valence electrons. The number of amides is 2. The Kier molecular flexibility index (Phi) is 7.49. The Hall–Kier alpha value is -1.83. The fraction of sp³-hybridized carbons (Fsp3) is 0.529. The number of likely N-dealkylation sites (N-methyl/N-ethyl adjacent to an activating group) is 1. The van der Waals surface area contributed by atoms with E-state index in [0.717, 1.165) is 26.2 Å². The summed E-state index contributed by atoms with van der Waals surface area (Å²) >= 11 is 5.96. The van der Waals surface area contributed by atoms with Crippen LogP contribution in [0, 0.1) is 0 Å². The average Bonchev–Trinajstić information content (AvgIpc) is 2.60. The van der Waals surface area contributed by atoms with Gasteiger partial charge in [0.1, 0.15) is 5.75 Å². The van der Waals surface area contributed by atoms with E-state index >= 15 is 0 Å². The van der Waals surface area contributed by atoms with Gasteiger partial charge in [-0.05, 0) is 25.2 Å². The molecule has 1 aromatic rings. The Morgan fingerprint density at radius 2 is 2.08 bits per heavy atom. The molecule has 1 aliphatic heterocycles. The molecule has 25 heavy (non-hydrogen) atoms. The first-order valence-electron chi connectivity index (χ1n) is 8.30. The number of rotatable bonds is 7. The molecule has 1 saturated heterocycles. The van der Waals surface area contributed by atoms with Crippen molar-refractivity contribution in [3.05, 3.63) is 23.2 Å². The van der Waals surface area contributed by atoms with Gasteiger partial charge in [0, 0.05) is 44.2 Å². The summed E-state index contributed by atoms with van der Waals surface area (Å²) in [4.78, 5) is 28.0. The minimum atomic E-state index is -0.183. The maximum atomic E-state index is 12.2. The summed E-state index contributed by atoms with van der Waals surface area (Å²) < 4.78 is 5.21. The molecule has 1 aromatic carbocycles. The molecule has 2 N–H and O–H groups in total. The molecule has 0 bridgehead atoms. The van der Waals surface area contributed by atoms with Crippen molar-refractivity contribution >= 4 is 29.1 Å². The smallest absolute Gasteiger partial charge is 0.238 e. The van der Waals surface area contributed by atoms with E-state index in [0.29, 0.717) is 29.4 Å². The van der Waals surface area contributed by atoms with E-state index in [4.69, 9.17) is 16.3 Å². The highest BCUT2D eigenvalue weighted by Gasteiger charge is 2.17. The minimum Gasteiger partial charge on any atom is -0.495 e. The van der Waals surface area contributed by atoms with E-state index in [2.05, 4.69) is 10.6 Å². The predicted octanol–water partition coefficient (Wildman–Crippen LogP) is 1.04. The molecule has 1 heterocycles. The van der Waals surface area contributed by atoms with Gasteiger partial charge in [-0.15, -0.1) is 0 Å². The number of benzene rings is 1. The van der Waals surface area contributed by atoms with Crippen molar-refractivity contribution in [3.8, 4) is 5.75 Å².